The zero-order valence-corrected chi connectivity index (χ0v) is 11.0. The topological polar surface area (TPSA) is 60.2 Å². The van der Waals surface area contributed by atoms with Crippen LogP contribution in [0, 0.1) is 5.92 Å². The lowest BCUT2D eigenvalue weighted by Gasteiger charge is -2.13. The molecule has 15 heavy (non-hydrogen) atoms. The van der Waals surface area contributed by atoms with Crippen LogP contribution in [0.15, 0.2) is 0 Å². The van der Waals surface area contributed by atoms with Crippen molar-refractivity contribution in [3.05, 3.63) is 0 Å². The first-order chi connectivity index (χ1) is 6.87. The standard InChI is InChI=1S/C11H25NO2S/c1-4-7-15(13,14)8-5-6-11(12)9-10(2)3/h10-11H,4-9,12H2,1-3H3. The normalized spacial score (nSPS) is 14.5. The maximum Gasteiger partial charge on any atom is 0.150 e. The van der Waals surface area contributed by atoms with E-state index in [4.69, 9.17) is 5.73 Å². The van der Waals surface area contributed by atoms with E-state index in [-0.39, 0.29) is 6.04 Å². The Hall–Kier alpha value is -0.0900. The van der Waals surface area contributed by atoms with Gasteiger partial charge in [-0.3, -0.25) is 0 Å². The van der Waals surface area contributed by atoms with Gasteiger partial charge in [-0.25, -0.2) is 8.42 Å². The Balaban J connectivity index is 3.70. The molecule has 0 aliphatic rings. The van der Waals surface area contributed by atoms with Gasteiger partial charge >= 0.3 is 0 Å². The van der Waals surface area contributed by atoms with Crippen molar-refractivity contribution in [3.63, 3.8) is 0 Å². The molecule has 0 saturated heterocycles. The molecule has 0 fully saturated rings. The van der Waals surface area contributed by atoms with Gasteiger partial charge in [0.25, 0.3) is 0 Å². The Morgan fingerprint density at radius 1 is 1.20 bits per heavy atom. The third-order valence-electron chi connectivity index (χ3n) is 2.32. The summed E-state index contributed by atoms with van der Waals surface area (Å²) in [6.45, 7) is 6.16. The first-order valence-electron chi connectivity index (χ1n) is 5.83. The van der Waals surface area contributed by atoms with Gasteiger partial charge in [0, 0.05) is 11.8 Å². The summed E-state index contributed by atoms with van der Waals surface area (Å²) in [5.41, 5.74) is 5.88. The second-order valence-electron chi connectivity index (χ2n) is 4.68. The number of sulfone groups is 1. The minimum atomic E-state index is -2.81. The SMILES string of the molecule is CCCS(=O)(=O)CCCC(N)CC(C)C. The van der Waals surface area contributed by atoms with E-state index in [1.165, 1.54) is 0 Å². The number of hydrogen-bond donors (Lipinski definition) is 1. The lowest BCUT2D eigenvalue weighted by atomic mass is 10.0. The fourth-order valence-electron chi connectivity index (χ4n) is 1.70. The molecule has 2 N–H and O–H groups in total. The van der Waals surface area contributed by atoms with Crippen molar-refractivity contribution in [1.29, 1.82) is 0 Å². The average molecular weight is 235 g/mol. The highest BCUT2D eigenvalue weighted by Crippen LogP contribution is 2.08. The highest BCUT2D eigenvalue weighted by Gasteiger charge is 2.11. The Labute approximate surface area is 94.4 Å². The summed E-state index contributed by atoms with van der Waals surface area (Å²) in [6, 6.07) is 0.154. The molecule has 0 amide bonds. The van der Waals surface area contributed by atoms with Crippen LogP contribution in [-0.2, 0) is 9.84 Å². The smallest absolute Gasteiger partial charge is 0.150 e. The molecular formula is C11H25NO2S. The zero-order valence-electron chi connectivity index (χ0n) is 10.2. The van der Waals surface area contributed by atoms with Crippen LogP contribution < -0.4 is 5.73 Å². The molecule has 0 aliphatic heterocycles. The second-order valence-corrected chi connectivity index (χ2v) is 6.99. The maximum atomic E-state index is 11.4. The molecule has 0 aromatic rings. The molecule has 0 saturated carbocycles. The third-order valence-corrected chi connectivity index (χ3v) is 4.26. The van der Waals surface area contributed by atoms with Crippen LogP contribution >= 0.6 is 0 Å². The summed E-state index contributed by atoms with van der Waals surface area (Å²) in [4.78, 5) is 0. The second kappa shape index (κ2) is 7.23. The minimum Gasteiger partial charge on any atom is -0.328 e. The fraction of sp³-hybridized carbons (Fsp3) is 1.00. The first kappa shape index (κ1) is 14.9. The van der Waals surface area contributed by atoms with E-state index in [1.54, 1.807) is 0 Å². The van der Waals surface area contributed by atoms with E-state index < -0.39 is 9.84 Å². The van der Waals surface area contributed by atoms with E-state index in [2.05, 4.69) is 13.8 Å². The van der Waals surface area contributed by atoms with Gasteiger partial charge in [0.1, 0.15) is 9.84 Å². The van der Waals surface area contributed by atoms with E-state index >= 15 is 0 Å². The van der Waals surface area contributed by atoms with Crippen LogP contribution in [0.3, 0.4) is 0 Å². The van der Waals surface area contributed by atoms with Crippen LogP contribution in [-0.4, -0.2) is 26.0 Å². The van der Waals surface area contributed by atoms with Crippen molar-refractivity contribution >= 4 is 9.84 Å². The number of hydrogen-bond acceptors (Lipinski definition) is 3. The van der Waals surface area contributed by atoms with Gasteiger partial charge in [0.15, 0.2) is 0 Å². The van der Waals surface area contributed by atoms with E-state index in [0.29, 0.717) is 30.3 Å². The maximum absolute atomic E-state index is 11.4. The molecule has 1 atom stereocenters. The minimum absolute atomic E-state index is 0.154. The molecule has 1 unspecified atom stereocenters. The van der Waals surface area contributed by atoms with Crippen molar-refractivity contribution in [2.45, 2.75) is 52.5 Å². The molecule has 0 radical (unpaired) electrons. The Morgan fingerprint density at radius 3 is 2.27 bits per heavy atom. The van der Waals surface area contributed by atoms with Crippen molar-refractivity contribution in [2.75, 3.05) is 11.5 Å². The monoisotopic (exact) mass is 235 g/mol. The first-order valence-corrected chi connectivity index (χ1v) is 7.65. The summed E-state index contributed by atoms with van der Waals surface area (Å²) in [5.74, 6) is 1.20. The Morgan fingerprint density at radius 2 is 1.80 bits per heavy atom. The molecule has 0 spiro atoms. The molecule has 0 heterocycles. The van der Waals surface area contributed by atoms with Crippen molar-refractivity contribution in [2.24, 2.45) is 11.7 Å². The molecule has 0 aromatic heterocycles. The lowest BCUT2D eigenvalue weighted by Crippen LogP contribution is -2.23. The molecule has 0 bridgehead atoms. The van der Waals surface area contributed by atoms with E-state index in [9.17, 15) is 8.42 Å². The largest absolute Gasteiger partial charge is 0.328 e. The van der Waals surface area contributed by atoms with Crippen LogP contribution in [0.5, 0.6) is 0 Å². The van der Waals surface area contributed by atoms with Gasteiger partial charge in [0.2, 0.25) is 0 Å². The fourth-order valence-corrected chi connectivity index (χ4v) is 3.13. The van der Waals surface area contributed by atoms with Crippen molar-refractivity contribution in [1.82, 2.24) is 0 Å². The quantitative estimate of drug-likeness (QED) is 0.699. The van der Waals surface area contributed by atoms with Crippen LogP contribution in [0.2, 0.25) is 0 Å². The molecule has 4 heteroatoms. The van der Waals surface area contributed by atoms with Crippen molar-refractivity contribution < 1.29 is 8.42 Å². The third kappa shape index (κ3) is 8.88. The van der Waals surface area contributed by atoms with Gasteiger partial charge in [-0.15, -0.1) is 0 Å². The van der Waals surface area contributed by atoms with Crippen LogP contribution in [0.4, 0.5) is 0 Å². The average Bonchev–Trinajstić information content (AvgIpc) is 2.01. The summed E-state index contributed by atoms with van der Waals surface area (Å²) in [7, 11) is -2.81. The van der Waals surface area contributed by atoms with Gasteiger partial charge in [0.05, 0.1) is 5.75 Å². The lowest BCUT2D eigenvalue weighted by molar-refractivity contribution is 0.469. The summed E-state index contributed by atoms with van der Waals surface area (Å²) >= 11 is 0. The van der Waals surface area contributed by atoms with Gasteiger partial charge in [-0.1, -0.05) is 20.8 Å². The zero-order chi connectivity index (χ0) is 11.9. The molecule has 0 rings (SSSR count). The molecule has 0 aromatic carbocycles. The van der Waals surface area contributed by atoms with Crippen LogP contribution in [0.1, 0.15) is 46.5 Å². The number of nitrogens with two attached hydrogens (primary N) is 1. The van der Waals surface area contributed by atoms with Crippen molar-refractivity contribution in [3.8, 4) is 0 Å². The predicted molar refractivity (Wildman–Crippen MR) is 65.6 cm³/mol. The number of rotatable bonds is 8. The van der Waals surface area contributed by atoms with Gasteiger partial charge < -0.3 is 5.73 Å². The van der Waals surface area contributed by atoms with Gasteiger partial charge in [-0.05, 0) is 31.6 Å². The Bertz CT molecular complexity index is 247. The van der Waals surface area contributed by atoms with Gasteiger partial charge in [-0.2, -0.15) is 0 Å². The predicted octanol–water partition coefficient (Wildman–Crippen LogP) is 1.96. The van der Waals surface area contributed by atoms with E-state index in [0.717, 1.165) is 12.8 Å². The highest BCUT2D eigenvalue weighted by molar-refractivity contribution is 7.91. The summed E-state index contributed by atoms with van der Waals surface area (Å²) < 4.78 is 22.8. The molecular weight excluding hydrogens is 210 g/mol. The van der Waals surface area contributed by atoms with Crippen LogP contribution in [0.25, 0.3) is 0 Å². The summed E-state index contributed by atoms with van der Waals surface area (Å²) in [5, 5.41) is 0. The Kier molecular flexibility index (Phi) is 7.18. The molecule has 0 aliphatic carbocycles. The molecule has 3 nitrogen and oxygen atoms in total. The molecule has 92 valence electrons. The van der Waals surface area contributed by atoms with E-state index in [1.807, 2.05) is 6.92 Å². The summed E-state index contributed by atoms with van der Waals surface area (Å²) in [6.07, 6.45) is 3.21. The highest BCUT2D eigenvalue weighted by atomic mass is 32.2.